The summed E-state index contributed by atoms with van der Waals surface area (Å²) in [5, 5.41) is 0. The summed E-state index contributed by atoms with van der Waals surface area (Å²) >= 11 is 5.58. The van der Waals surface area contributed by atoms with Crippen molar-refractivity contribution in [2.24, 2.45) is 5.41 Å². The number of allylic oxidation sites excluding steroid dienone is 1. The molecule has 2 nitrogen and oxygen atoms in total. The van der Waals surface area contributed by atoms with E-state index in [2.05, 4.69) is 0 Å². The van der Waals surface area contributed by atoms with Gasteiger partial charge >= 0.3 is 0 Å². The fourth-order valence-electron chi connectivity index (χ4n) is 1.71. The van der Waals surface area contributed by atoms with Crippen LogP contribution in [0.4, 0.5) is 0 Å². The number of ether oxygens (including phenoxy) is 1. The van der Waals surface area contributed by atoms with E-state index >= 15 is 0 Å². The summed E-state index contributed by atoms with van der Waals surface area (Å²) in [4.78, 5) is 11.0. The van der Waals surface area contributed by atoms with Gasteiger partial charge in [-0.05, 0) is 26.2 Å². The van der Waals surface area contributed by atoms with Crippen molar-refractivity contribution < 1.29 is 9.53 Å². The van der Waals surface area contributed by atoms with E-state index in [-0.39, 0.29) is 5.41 Å². The predicted molar refractivity (Wildman–Crippen MR) is 52.8 cm³/mol. The normalized spacial score (nSPS) is 22.8. The van der Waals surface area contributed by atoms with Gasteiger partial charge in [0.2, 0.25) is 0 Å². The fourth-order valence-corrected chi connectivity index (χ4v) is 1.79. The summed E-state index contributed by atoms with van der Waals surface area (Å²) in [5.74, 6) is 0. The van der Waals surface area contributed by atoms with Gasteiger partial charge in [0.1, 0.15) is 6.29 Å². The molecule has 1 aliphatic heterocycles. The molecule has 0 spiro atoms. The first kappa shape index (κ1) is 10.7. The van der Waals surface area contributed by atoms with Crippen molar-refractivity contribution in [2.45, 2.75) is 26.2 Å². The maximum Gasteiger partial charge on any atom is 0.126 e. The zero-order chi connectivity index (χ0) is 9.73. The lowest BCUT2D eigenvalue weighted by molar-refractivity contribution is -0.121. The molecule has 0 saturated carbocycles. The molecule has 0 atom stereocenters. The van der Waals surface area contributed by atoms with Crippen molar-refractivity contribution in [3.8, 4) is 0 Å². The summed E-state index contributed by atoms with van der Waals surface area (Å²) in [5.41, 5.74) is 2.41. The summed E-state index contributed by atoms with van der Waals surface area (Å²) in [6, 6.07) is 0. The molecule has 0 unspecified atom stereocenters. The number of aldehydes is 1. The molecular weight excluding hydrogens is 188 g/mol. The molecule has 1 aliphatic rings. The second-order valence-corrected chi connectivity index (χ2v) is 3.94. The third kappa shape index (κ3) is 2.82. The average Bonchev–Trinajstić information content (AvgIpc) is 2.19. The first-order valence-corrected chi connectivity index (χ1v) is 4.96. The lowest BCUT2D eigenvalue weighted by Gasteiger charge is -2.32. The standard InChI is InChI=1S/C10H15ClO2/c1-9(7-11)6-10(8-12)2-4-13-5-3-10/h7-8H,2-6H2,1H3/b9-7+. The molecule has 0 radical (unpaired) electrons. The van der Waals surface area contributed by atoms with E-state index in [0.717, 1.165) is 31.1 Å². The topological polar surface area (TPSA) is 26.3 Å². The molecule has 1 saturated heterocycles. The summed E-state index contributed by atoms with van der Waals surface area (Å²) in [6.45, 7) is 3.33. The lowest BCUT2D eigenvalue weighted by Crippen LogP contribution is -2.31. The molecule has 0 aliphatic carbocycles. The molecule has 74 valence electrons. The van der Waals surface area contributed by atoms with Gasteiger partial charge in [-0.3, -0.25) is 0 Å². The second-order valence-electron chi connectivity index (χ2n) is 3.72. The minimum Gasteiger partial charge on any atom is -0.381 e. The zero-order valence-electron chi connectivity index (χ0n) is 7.88. The average molecular weight is 203 g/mol. The quantitative estimate of drug-likeness (QED) is 0.658. The van der Waals surface area contributed by atoms with Crippen LogP contribution in [0.1, 0.15) is 26.2 Å². The van der Waals surface area contributed by atoms with E-state index in [4.69, 9.17) is 16.3 Å². The number of hydrogen-bond donors (Lipinski definition) is 0. The summed E-state index contributed by atoms with van der Waals surface area (Å²) in [6.07, 6.45) is 3.47. The second kappa shape index (κ2) is 4.77. The molecule has 0 N–H and O–H groups in total. The van der Waals surface area contributed by atoms with E-state index in [9.17, 15) is 4.79 Å². The first-order valence-electron chi connectivity index (χ1n) is 4.52. The predicted octanol–water partition coefficient (Wildman–Crippen LogP) is 2.51. The molecule has 3 heteroatoms. The Balaban J connectivity index is 2.62. The van der Waals surface area contributed by atoms with Crippen molar-refractivity contribution in [1.29, 1.82) is 0 Å². The summed E-state index contributed by atoms with van der Waals surface area (Å²) in [7, 11) is 0. The molecule has 0 amide bonds. The van der Waals surface area contributed by atoms with Gasteiger partial charge in [0.15, 0.2) is 0 Å². The van der Waals surface area contributed by atoms with Crippen molar-refractivity contribution in [1.82, 2.24) is 0 Å². The Kier molecular flexibility index (Phi) is 3.94. The Morgan fingerprint density at radius 2 is 2.15 bits per heavy atom. The van der Waals surface area contributed by atoms with Gasteiger partial charge < -0.3 is 9.53 Å². The van der Waals surface area contributed by atoms with Crippen LogP contribution in [-0.4, -0.2) is 19.5 Å². The van der Waals surface area contributed by atoms with Gasteiger partial charge in [-0.2, -0.15) is 0 Å². The Morgan fingerprint density at radius 1 is 1.54 bits per heavy atom. The third-order valence-electron chi connectivity index (χ3n) is 2.56. The molecule has 0 aromatic heterocycles. The molecule has 0 aromatic carbocycles. The van der Waals surface area contributed by atoms with Crippen molar-refractivity contribution in [3.63, 3.8) is 0 Å². The molecule has 1 rings (SSSR count). The molecule has 0 aromatic rings. The van der Waals surface area contributed by atoms with Crippen LogP contribution in [0.15, 0.2) is 11.1 Å². The minimum absolute atomic E-state index is 0.215. The van der Waals surface area contributed by atoms with E-state index < -0.39 is 0 Å². The molecule has 1 fully saturated rings. The van der Waals surface area contributed by atoms with Crippen LogP contribution in [0.25, 0.3) is 0 Å². The largest absolute Gasteiger partial charge is 0.381 e. The van der Waals surface area contributed by atoms with Gasteiger partial charge in [0, 0.05) is 24.2 Å². The maximum absolute atomic E-state index is 11.0. The van der Waals surface area contributed by atoms with E-state index in [0.29, 0.717) is 13.2 Å². The van der Waals surface area contributed by atoms with Gasteiger partial charge in [-0.15, -0.1) is 0 Å². The zero-order valence-corrected chi connectivity index (χ0v) is 8.64. The first-order chi connectivity index (χ1) is 6.22. The lowest BCUT2D eigenvalue weighted by atomic mass is 9.77. The SMILES string of the molecule is C/C(=C\Cl)CC1(C=O)CCOCC1. The Bertz CT molecular complexity index is 205. The van der Waals surface area contributed by atoms with Crippen molar-refractivity contribution in [3.05, 3.63) is 11.1 Å². The highest BCUT2D eigenvalue weighted by atomic mass is 35.5. The van der Waals surface area contributed by atoms with Crippen LogP contribution in [0.2, 0.25) is 0 Å². The van der Waals surface area contributed by atoms with E-state index in [1.54, 1.807) is 5.54 Å². The van der Waals surface area contributed by atoms with Crippen LogP contribution in [0.3, 0.4) is 0 Å². The van der Waals surface area contributed by atoms with Gasteiger partial charge in [-0.25, -0.2) is 0 Å². The fraction of sp³-hybridized carbons (Fsp3) is 0.700. The number of carbonyl (C=O) groups is 1. The van der Waals surface area contributed by atoms with Gasteiger partial charge in [0.05, 0.1) is 0 Å². The smallest absolute Gasteiger partial charge is 0.126 e. The van der Waals surface area contributed by atoms with Crippen LogP contribution in [0.5, 0.6) is 0 Å². The Hall–Kier alpha value is -0.340. The van der Waals surface area contributed by atoms with Crippen molar-refractivity contribution in [2.75, 3.05) is 13.2 Å². The molecule has 13 heavy (non-hydrogen) atoms. The molecule has 1 heterocycles. The molecular formula is C10H15ClO2. The van der Waals surface area contributed by atoms with Gasteiger partial charge in [-0.1, -0.05) is 17.2 Å². The highest BCUT2D eigenvalue weighted by molar-refractivity contribution is 6.25. The van der Waals surface area contributed by atoms with Gasteiger partial charge in [0.25, 0.3) is 0 Å². The molecule has 0 bridgehead atoms. The van der Waals surface area contributed by atoms with Crippen molar-refractivity contribution >= 4 is 17.9 Å². The monoisotopic (exact) mass is 202 g/mol. The summed E-state index contributed by atoms with van der Waals surface area (Å²) < 4.78 is 5.23. The number of halogens is 1. The maximum atomic E-state index is 11.0. The van der Waals surface area contributed by atoms with Crippen LogP contribution in [0, 0.1) is 5.41 Å². The minimum atomic E-state index is -0.215. The van der Waals surface area contributed by atoms with Crippen LogP contribution >= 0.6 is 11.6 Å². The van der Waals surface area contributed by atoms with E-state index in [1.165, 1.54) is 0 Å². The Morgan fingerprint density at radius 3 is 2.62 bits per heavy atom. The highest BCUT2D eigenvalue weighted by Crippen LogP contribution is 2.34. The van der Waals surface area contributed by atoms with Crippen LogP contribution in [-0.2, 0) is 9.53 Å². The Labute approximate surface area is 83.9 Å². The number of carbonyl (C=O) groups excluding carboxylic acids is 1. The number of rotatable bonds is 3. The van der Waals surface area contributed by atoms with Crippen LogP contribution < -0.4 is 0 Å². The third-order valence-corrected chi connectivity index (χ3v) is 2.93. The number of hydrogen-bond acceptors (Lipinski definition) is 2. The highest BCUT2D eigenvalue weighted by Gasteiger charge is 2.32. The van der Waals surface area contributed by atoms with E-state index in [1.807, 2.05) is 6.92 Å².